The molecule has 2 aromatic rings. The quantitative estimate of drug-likeness (QED) is 0.658. The van der Waals surface area contributed by atoms with E-state index in [1.54, 1.807) is 44.6 Å². The van der Waals surface area contributed by atoms with Crippen LogP contribution in [0, 0.1) is 0 Å². The zero-order chi connectivity index (χ0) is 19.6. The van der Waals surface area contributed by atoms with Crippen molar-refractivity contribution in [2.75, 3.05) is 27.9 Å². The summed E-state index contributed by atoms with van der Waals surface area (Å²) in [6.45, 7) is 0.434. The average molecular weight is 456 g/mol. The Kier molecular flexibility index (Phi) is 5.98. The summed E-state index contributed by atoms with van der Waals surface area (Å²) < 4.78 is 45.2. The molecule has 0 spiro atoms. The molecule has 1 heterocycles. The molecule has 6 nitrogen and oxygen atoms in total. The number of ether oxygens (including phenoxy) is 3. The van der Waals surface area contributed by atoms with Crippen LogP contribution in [0.25, 0.3) is 0 Å². The van der Waals surface area contributed by atoms with Gasteiger partial charge in [-0.2, -0.15) is 4.31 Å². The average Bonchev–Trinajstić information content (AvgIpc) is 3.18. The Hall–Kier alpha value is -1.77. The summed E-state index contributed by atoms with van der Waals surface area (Å²) in [7, 11) is 0.867. The summed E-state index contributed by atoms with van der Waals surface area (Å²) in [5, 5.41) is 0. The van der Waals surface area contributed by atoms with Crippen molar-refractivity contribution in [3.63, 3.8) is 0 Å². The van der Waals surface area contributed by atoms with E-state index in [0.717, 1.165) is 12.0 Å². The summed E-state index contributed by atoms with van der Waals surface area (Å²) in [5.41, 5.74) is 0.798. The number of benzene rings is 2. The van der Waals surface area contributed by atoms with Crippen LogP contribution in [0.2, 0.25) is 0 Å². The molecular formula is C19H22BrNO5S. The van der Waals surface area contributed by atoms with Gasteiger partial charge in [0.2, 0.25) is 10.0 Å². The minimum absolute atomic E-state index is 0.146. The monoisotopic (exact) mass is 455 g/mol. The molecule has 8 heteroatoms. The van der Waals surface area contributed by atoms with Crippen LogP contribution in [-0.2, 0) is 10.0 Å². The maximum Gasteiger partial charge on any atom is 0.247 e. The summed E-state index contributed by atoms with van der Waals surface area (Å²) in [4.78, 5) is 0.146. The van der Waals surface area contributed by atoms with Crippen LogP contribution in [-0.4, -0.2) is 40.6 Å². The van der Waals surface area contributed by atoms with E-state index in [2.05, 4.69) is 15.9 Å². The molecule has 1 aliphatic heterocycles. The highest BCUT2D eigenvalue weighted by molar-refractivity contribution is 9.10. The fourth-order valence-electron chi connectivity index (χ4n) is 3.42. The largest absolute Gasteiger partial charge is 0.497 e. The number of sulfonamides is 1. The highest BCUT2D eigenvalue weighted by Crippen LogP contribution is 2.43. The van der Waals surface area contributed by atoms with Gasteiger partial charge in [-0.1, -0.05) is 15.9 Å². The second-order valence-electron chi connectivity index (χ2n) is 6.18. The standard InChI is InChI=1S/C19H22BrNO5S/c1-24-14-7-9-17(25-2)15(12-14)16-5-4-10-21(16)27(22,23)19-11-13(20)6-8-18(19)26-3/h6-9,11-12,16H,4-5,10H2,1-3H3/t16-/m1/s1. The predicted octanol–water partition coefficient (Wildman–Crippen LogP) is 4.00. The lowest BCUT2D eigenvalue weighted by Crippen LogP contribution is -2.31. The molecule has 27 heavy (non-hydrogen) atoms. The van der Waals surface area contributed by atoms with Gasteiger partial charge in [-0.15, -0.1) is 0 Å². The highest BCUT2D eigenvalue weighted by atomic mass is 79.9. The Morgan fingerprint density at radius 2 is 1.70 bits per heavy atom. The molecule has 1 fully saturated rings. The Balaban J connectivity index is 2.08. The molecule has 0 saturated carbocycles. The van der Waals surface area contributed by atoms with Crippen LogP contribution < -0.4 is 14.2 Å². The molecule has 0 aromatic heterocycles. The van der Waals surface area contributed by atoms with Crippen molar-refractivity contribution in [1.29, 1.82) is 0 Å². The zero-order valence-electron chi connectivity index (χ0n) is 15.4. The Morgan fingerprint density at radius 1 is 1.00 bits per heavy atom. The van der Waals surface area contributed by atoms with Crippen molar-refractivity contribution in [3.05, 3.63) is 46.4 Å². The summed E-state index contributed by atoms with van der Waals surface area (Å²) in [6.07, 6.45) is 1.47. The Labute approximate surface area is 168 Å². The first-order valence-electron chi connectivity index (χ1n) is 8.49. The van der Waals surface area contributed by atoms with Crippen molar-refractivity contribution in [2.24, 2.45) is 0 Å². The van der Waals surface area contributed by atoms with Crippen molar-refractivity contribution in [2.45, 2.75) is 23.8 Å². The Bertz CT molecular complexity index is 932. The van der Waals surface area contributed by atoms with Gasteiger partial charge >= 0.3 is 0 Å². The van der Waals surface area contributed by atoms with Crippen LogP contribution >= 0.6 is 15.9 Å². The smallest absolute Gasteiger partial charge is 0.247 e. The minimum atomic E-state index is -3.76. The lowest BCUT2D eigenvalue weighted by atomic mass is 10.0. The van der Waals surface area contributed by atoms with E-state index in [1.807, 2.05) is 6.07 Å². The van der Waals surface area contributed by atoms with E-state index in [4.69, 9.17) is 14.2 Å². The van der Waals surface area contributed by atoms with Crippen LogP contribution in [0.5, 0.6) is 17.2 Å². The van der Waals surface area contributed by atoms with Crippen LogP contribution in [0.15, 0.2) is 45.8 Å². The van der Waals surface area contributed by atoms with Gasteiger partial charge < -0.3 is 14.2 Å². The van der Waals surface area contributed by atoms with Crippen molar-refractivity contribution < 1.29 is 22.6 Å². The molecule has 3 rings (SSSR count). The van der Waals surface area contributed by atoms with E-state index >= 15 is 0 Å². The first kappa shape index (κ1) is 20.0. The molecule has 1 atom stereocenters. The number of methoxy groups -OCH3 is 3. The topological polar surface area (TPSA) is 65.1 Å². The lowest BCUT2D eigenvalue weighted by molar-refractivity contribution is 0.358. The Morgan fingerprint density at radius 3 is 2.37 bits per heavy atom. The van der Waals surface area contributed by atoms with Gasteiger partial charge in [-0.3, -0.25) is 0 Å². The number of hydrogen-bond acceptors (Lipinski definition) is 5. The summed E-state index contributed by atoms with van der Waals surface area (Å²) in [6, 6.07) is 10.1. The van der Waals surface area contributed by atoms with Gasteiger partial charge in [0.25, 0.3) is 0 Å². The predicted molar refractivity (Wildman–Crippen MR) is 106 cm³/mol. The van der Waals surface area contributed by atoms with E-state index in [9.17, 15) is 8.42 Å². The van der Waals surface area contributed by atoms with Gasteiger partial charge in [0.05, 0.1) is 27.4 Å². The maximum atomic E-state index is 13.5. The van der Waals surface area contributed by atoms with Crippen LogP contribution in [0.4, 0.5) is 0 Å². The fourth-order valence-corrected chi connectivity index (χ4v) is 5.79. The number of rotatable bonds is 6. The van der Waals surface area contributed by atoms with Crippen LogP contribution in [0.3, 0.4) is 0 Å². The normalized spacial score (nSPS) is 17.7. The van der Waals surface area contributed by atoms with Gasteiger partial charge in [-0.05, 0) is 49.2 Å². The molecule has 0 N–H and O–H groups in total. The second kappa shape index (κ2) is 8.08. The molecule has 0 bridgehead atoms. The van der Waals surface area contributed by atoms with Gasteiger partial charge in [-0.25, -0.2) is 8.42 Å². The molecule has 146 valence electrons. The van der Waals surface area contributed by atoms with E-state index in [0.29, 0.717) is 34.7 Å². The molecule has 0 unspecified atom stereocenters. The molecule has 0 amide bonds. The second-order valence-corrected chi connectivity index (χ2v) is 8.95. The zero-order valence-corrected chi connectivity index (χ0v) is 17.8. The van der Waals surface area contributed by atoms with Gasteiger partial charge in [0.15, 0.2) is 0 Å². The number of nitrogens with zero attached hydrogens (tertiary/aromatic N) is 1. The van der Waals surface area contributed by atoms with E-state index < -0.39 is 10.0 Å². The summed E-state index contributed by atoms with van der Waals surface area (Å²) in [5.74, 6) is 1.63. The number of hydrogen-bond donors (Lipinski definition) is 0. The molecule has 0 aliphatic carbocycles. The van der Waals surface area contributed by atoms with Gasteiger partial charge in [0.1, 0.15) is 22.1 Å². The molecule has 1 aliphatic rings. The van der Waals surface area contributed by atoms with E-state index in [1.165, 1.54) is 11.4 Å². The van der Waals surface area contributed by atoms with Crippen molar-refractivity contribution in [1.82, 2.24) is 4.31 Å². The molecule has 1 saturated heterocycles. The van der Waals surface area contributed by atoms with Crippen molar-refractivity contribution in [3.8, 4) is 17.2 Å². The lowest BCUT2D eigenvalue weighted by Gasteiger charge is -2.26. The first-order valence-corrected chi connectivity index (χ1v) is 10.7. The van der Waals surface area contributed by atoms with Crippen molar-refractivity contribution >= 4 is 26.0 Å². The van der Waals surface area contributed by atoms with Crippen LogP contribution in [0.1, 0.15) is 24.4 Å². The third kappa shape index (κ3) is 3.79. The highest BCUT2D eigenvalue weighted by Gasteiger charge is 2.39. The van der Waals surface area contributed by atoms with E-state index in [-0.39, 0.29) is 10.9 Å². The third-order valence-electron chi connectivity index (χ3n) is 4.71. The third-order valence-corrected chi connectivity index (χ3v) is 7.13. The van der Waals surface area contributed by atoms with Gasteiger partial charge in [0, 0.05) is 16.6 Å². The first-order chi connectivity index (χ1) is 12.9. The molecular weight excluding hydrogens is 434 g/mol. The number of halogens is 1. The maximum absolute atomic E-state index is 13.5. The summed E-state index contributed by atoms with van der Waals surface area (Å²) >= 11 is 3.35. The SMILES string of the molecule is COc1ccc(OC)c([C@H]2CCCN2S(=O)(=O)c2cc(Br)ccc2OC)c1. The fraction of sp³-hybridized carbons (Fsp3) is 0.368. The molecule has 0 radical (unpaired) electrons. The molecule has 2 aromatic carbocycles. The minimum Gasteiger partial charge on any atom is -0.497 e.